The van der Waals surface area contributed by atoms with Gasteiger partial charge in [0.1, 0.15) is 10.5 Å². The monoisotopic (exact) mass is 137 g/mol. The Hall–Kier alpha value is 0.0969. The molecule has 0 aromatic heterocycles. The second-order valence-corrected chi connectivity index (χ2v) is 2.18. The van der Waals surface area contributed by atoms with Crippen LogP contribution in [0.5, 0.6) is 0 Å². The third-order valence-electron chi connectivity index (χ3n) is 0.407. The van der Waals surface area contributed by atoms with E-state index in [9.17, 15) is 5.21 Å². The molecule has 0 unspecified atom stereocenters. The first-order valence-corrected chi connectivity index (χ1v) is 3.48. The first-order chi connectivity index (χ1) is 3.83. The molecule has 0 aliphatic carbocycles. The Kier molecular flexibility index (Phi) is 21.6. The molecule has 0 aliphatic rings. The molecule has 0 fully saturated rings. The summed E-state index contributed by atoms with van der Waals surface area (Å²) >= 11 is 0. The summed E-state index contributed by atoms with van der Waals surface area (Å²) in [6.07, 6.45) is 0.976. The van der Waals surface area contributed by atoms with Crippen molar-refractivity contribution in [2.45, 2.75) is 13.3 Å². The predicted octanol–water partition coefficient (Wildman–Crippen LogP) is -1.63. The SMILES string of the molecule is CCC[NH2+][O-].CO[SiH3]. The average Bonchev–Trinajstić information content (AvgIpc) is 1.71. The van der Waals surface area contributed by atoms with Gasteiger partial charge < -0.3 is 15.1 Å². The zero-order valence-corrected chi connectivity index (χ0v) is 7.81. The minimum absolute atomic E-state index is 0.708. The zero-order chi connectivity index (χ0) is 6.83. The molecule has 8 heavy (non-hydrogen) atoms. The minimum atomic E-state index is 0.708. The van der Waals surface area contributed by atoms with E-state index < -0.39 is 0 Å². The zero-order valence-electron chi connectivity index (χ0n) is 5.81. The summed E-state index contributed by atoms with van der Waals surface area (Å²) in [5.41, 5.74) is 0.931. The van der Waals surface area contributed by atoms with Crippen LogP contribution in [0.25, 0.3) is 0 Å². The van der Waals surface area contributed by atoms with E-state index in [1.54, 1.807) is 7.11 Å². The lowest BCUT2D eigenvalue weighted by Gasteiger charge is -1.93. The molecule has 0 aliphatic heterocycles. The molecular formula is C4H15NO2Si. The van der Waals surface area contributed by atoms with E-state index in [4.69, 9.17) is 0 Å². The molecular weight excluding hydrogens is 122 g/mol. The highest BCUT2D eigenvalue weighted by atomic mass is 28.2. The van der Waals surface area contributed by atoms with Crippen molar-refractivity contribution in [3.8, 4) is 0 Å². The Balaban J connectivity index is 0. The van der Waals surface area contributed by atoms with Gasteiger partial charge in [0.2, 0.25) is 0 Å². The Morgan fingerprint density at radius 1 is 1.75 bits per heavy atom. The highest BCUT2D eigenvalue weighted by molar-refractivity contribution is 5.97. The molecule has 0 aromatic rings. The van der Waals surface area contributed by atoms with Crippen molar-refractivity contribution >= 4 is 10.5 Å². The van der Waals surface area contributed by atoms with Crippen LogP contribution in [-0.2, 0) is 4.43 Å². The highest BCUT2D eigenvalue weighted by Gasteiger charge is 1.65. The second-order valence-electron chi connectivity index (χ2n) is 1.36. The van der Waals surface area contributed by atoms with Gasteiger partial charge in [-0.15, -0.1) is 0 Å². The number of hydrogen-bond donors (Lipinski definition) is 1. The quantitative estimate of drug-likeness (QED) is 0.367. The van der Waals surface area contributed by atoms with Gasteiger partial charge in [-0.1, -0.05) is 6.92 Å². The van der Waals surface area contributed by atoms with Gasteiger partial charge in [0.25, 0.3) is 0 Å². The van der Waals surface area contributed by atoms with E-state index in [0.717, 1.165) is 22.4 Å². The van der Waals surface area contributed by atoms with E-state index in [2.05, 4.69) is 4.43 Å². The largest absolute Gasteiger partial charge is 0.636 e. The normalized spacial score (nSPS) is 7.88. The van der Waals surface area contributed by atoms with Gasteiger partial charge in [-0.25, -0.2) is 0 Å². The fraction of sp³-hybridized carbons (Fsp3) is 1.00. The van der Waals surface area contributed by atoms with Crippen molar-refractivity contribution in [3.05, 3.63) is 5.21 Å². The van der Waals surface area contributed by atoms with Gasteiger partial charge in [-0.05, 0) is 6.42 Å². The summed E-state index contributed by atoms with van der Waals surface area (Å²) in [6.45, 7) is 2.69. The topological polar surface area (TPSA) is 48.9 Å². The molecule has 0 atom stereocenters. The fourth-order valence-corrected chi connectivity index (χ4v) is 0.118. The number of nitrogens with two attached hydrogens (primary N) is 1. The van der Waals surface area contributed by atoms with Crippen LogP contribution < -0.4 is 5.48 Å². The van der Waals surface area contributed by atoms with E-state index >= 15 is 0 Å². The van der Waals surface area contributed by atoms with E-state index in [0.29, 0.717) is 6.54 Å². The molecule has 52 valence electrons. The lowest BCUT2D eigenvalue weighted by atomic mass is 10.5. The van der Waals surface area contributed by atoms with E-state index in [1.165, 1.54) is 0 Å². The number of hydrogen-bond acceptors (Lipinski definition) is 2. The van der Waals surface area contributed by atoms with Gasteiger partial charge in [0, 0.05) is 7.11 Å². The Morgan fingerprint density at radius 3 is 2.12 bits per heavy atom. The molecule has 2 N–H and O–H groups in total. The maximum atomic E-state index is 9.40. The van der Waals surface area contributed by atoms with Gasteiger partial charge in [0.15, 0.2) is 0 Å². The third-order valence-corrected chi connectivity index (χ3v) is 0.407. The van der Waals surface area contributed by atoms with Crippen LogP contribution in [0.4, 0.5) is 0 Å². The maximum absolute atomic E-state index is 9.40. The molecule has 0 spiro atoms. The predicted molar refractivity (Wildman–Crippen MR) is 37.4 cm³/mol. The Morgan fingerprint density at radius 2 is 2.12 bits per heavy atom. The fourth-order valence-electron chi connectivity index (χ4n) is 0.118. The Labute approximate surface area is 53.5 Å². The molecule has 0 saturated carbocycles. The molecule has 0 bridgehead atoms. The van der Waals surface area contributed by atoms with E-state index in [-0.39, 0.29) is 0 Å². The van der Waals surface area contributed by atoms with Crippen LogP contribution in [0.1, 0.15) is 13.3 Å². The molecule has 4 heteroatoms. The summed E-state index contributed by atoms with van der Waals surface area (Å²) in [6, 6.07) is 0. The van der Waals surface area contributed by atoms with Crippen molar-refractivity contribution in [2.24, 2.45) is 0 Å². The molecule has 0 radical (unpaired) electrons. The number of quaternary nitrogens is 1. The maximum Gasteiger partial charge on any atom is 0.145 e. The van der Waals surface area contributed by atoms with E-state index in [1.807, 2.05) is 6.92 Å². The molecule has 0 heterocycles. The van der Waals surface area contributed by atoms with Crippen molar-refractivity contribution in [1.29, 1.82) is 0 Å². The van der Waals surface area contributed by atoms with Gasteiger partial charge in [-0.2, -0.15) is 0 Å². The highest BCUT2D eigenvalue weighted by Crippen LogP contribution is 1.56. The summed E-state index contributed by atoms with van der Waals surface area (Å²) in [5, 5.41) is 9.40. The van der Waals surface area contributed by atoms with Crippen LogP contribution in [0.3, 0.4) is 0 Å². The number of rotatable bonds is 2. The first-order valence-electron chi connectivity index (χ1n) is 2.67. The minimum Gasteiger partial charge on any atom is -0.636 e. The van der Waals surface area contributed by atoms with Crippen molar-refractivity contribution < 1.29 is 9.91 Å². The van der Waals surface area contributed by atoms with Crippen LogP contribution in [0, 0.1) is 5.21 Å². The van der Waals surface area contributed by atoms with Gasteiger partial charge >= 0.3 is 0 Å². The summed E-state index contributed by atoms with van der Waals surface area (Å²) in [5.74, 6) is 0. The molecule has 0 rings (SSSR count). The molecule has 0 saturated heterocycles. The van der Waals surface area contributed by atoms with Crippen LogP contribution in [0.2, 0.25) is 0 Å². The van der Waals surface area contributed by atoms with Crippen LogP contribution in [0.15, 0.2) is 0 Å². The molecule has 3 nitrogen and oxygen atoms in total. The average molecular weight is 137 g/mol. The lowest BCUT2D eigenvalue weighted by Crippen LogP contribution is -2.77. The van der Waals surface area contributed by atoms with Gasteiger partial charge in [0.05, 0.1) is 6.54 Å². The summed E-state index contributed by atoms with van der Waals surface area (Å²) in [4.78, 5) is 0. The summed E-state index contributed by atoms with van der Waals surface area (Å²) < 4.78 is 4.39. The third kappa shape index (κ3) is 36.0. The molecule has 0 amide bonds. The van der Waals surface area contributed by atoms with Crippen molar-refractivity contribution in [3.63, 3.8) is 0 Å². The van der Waals surface area contributed by atoms with Gasteiger partial charge in [-0.3, -0.25) is 0 Å². The standard InChI is InChI=1S/C3H9NO.CH6OSi/c1-2-3-4-5;1-2-3/h2-4H2,1H3;1,3H3. The number of hydroxylamine groups is 1. The van der Waals surface area contributed by atoms with Crippen LogP contribution in [-0.4, -0.2) is 24.1 Å². The second kappa shape index (κ2) is 15.7. The van der Waals surface area contributed by atoms with Crippen molar-refractivity contribution in [1.82, 2.24) is 0 Å². The van der Waals surface area contributed by atoms with Crippen molar-refractivity contribution in [2.75, 3.05) is 13.7 Å². The Bertz CT molecular complexity index is 28.0. The lowest BCUT2D eigenvalue weighted by molar-refractivity contribution is -0.588. The molecule has 0 aromatic carbocycles. The van der Waals surface area contributed by atoms with Crippen LogP contribution >= 0.6 is 0 Å². The first kappa shape index (κ1) is 11.0. The smallest absolute Gasteiger partial charge is 0.145 e. The summed E-state index contributed by atoms with van der Waals surface area (Å²) in [7, 11) is 2.56.